The van der Waals surface area contributed by atoms with Crippen LogP contribution in [-0.4, -0.2) is 9.55 Å². The SMILES string of the molecule is Cn1c(-c2ccc(Cl)cc2)nc(I)c1I. The number of aromatic nitrogens is 2. The van der Waals surface area contributed by atoms with E-state index in [4.69, 9.17) is 11.6 Å². The van der Waals surface area contributed by atoms with Crippen molar-refractivity contribution < 1.29 is 0 Å². The minimum Gasteiger partial charge on any atom is -0.322 e. The van der Waals surface area contributed by atoms with E-state index >= 15 is 0 Å². The summed E-state index contributed by atoms with van der Waals surface area (Å²) in [6.07, 6.45) is 0. The van der Waals surface area contributed by atoms with Crippen molar-refractivity contribution in [3.63, 3.8) is 0 Å². The molecular weight excluding hydrogens is 437 g/mol. The molecule has 0 aliphatic rings. The lowest BCUT2D eigenvalue weighted by atomic mass is 10.2. The van der Waals surface area contributed by atoms with Crippen LogP contribution in [0.3, 0.4) is 0 Å². The van der Waals surface area contributed by atoms with Gasteiger partial charge in [-0.05, 0) is 69.4 Å². The van der Waals surface area contributed by atoms with Crippen LogP contribution in [0.1, 0.15) is 0 Å². The summed E-state index contributed by atoms with van der Waals surface area (Å²) >= 11 is 10.4. The van der Waals surface area contributed by atoms with Crippen molar-refractivity contribution in [2.24, 2.45) is 7.05 Å². The molecule has 2 aromatic rings. The highest BCUT2D eigenvalue weighted by Crippen LogP contribution is 2.24. The van der Waals surface area contributed by atoms with Gasteiger partial charge < -0.3 is 4.57 Å². The summed E-state index contributed by atoms with van der Waals surface area (Å²) in [5.41, 5.74) is 1.09. The third-order valence-electron chi connectivity index (χ3n) is 2.09. The first-order valence-corrected chi connectivity index (χ1v) is 6.77. The van der Waals surface area contributed by atoms with Gasteiger partial charge in [0.05, 0.1) is 0 Å². The molecule has 0 radical (unpaired) electrons. The lowest BCUT2D eigenvalue weighted by Gasteiger charge is -2.02. The zero-order valence-electron chi connectivity index (χ0n) is 7.84. The van der Waals surface area contributed by atoms with Gasteiger partial charge in [-0.25, -0.2) is 4.98 Å². The van der Waals surface area contributed by atoms with Crippen LogP contribution < -0.4 is 0 Å². The first-order chi connectivity index (χ1) is 7.09. The smallest absolute Gasteiger partial charge is 0.141 e. The maximum Gasteiger partial charge on any atom is 0.141 e. The Balaban J connectivity index is 2.54. The number of nitrogens with zero attached hydrogens (tertiary/aromatic N) is 2. The van der Waals surface area contributed by atoms with Gasteiger partial charge in [-0.3, -0.25) is 0 Å². The molecule has 2 rings (SSSR count). The minimum atomic E-state index is 0.748. The molecule has 0 spiro atoms. The third kappa shape index (κ3) is 2.31. The molecule has 0 fully saturated rings. The van der Waals surface area contributed by atoms with Crippen LogP contribution in [0.25, 0.3) is 11.4 Å². The second-order valence-corrected chi connectivity index (χ2v) is 5.56. The summed E-state index contributed by atoms with van der Waals surface area (Å²) in [5.74, 6) is 0.973. The number of halogens is 3. The Labute approximate surface area is 120 Å². The van der Waals surface area contributed by atoms with Gasteiger partial charge in [0.1, 0.15) is 13.2 Å². The molecule has 0 saturated heterocycles. The lowest BCUT2D eigenvalue weighted by molar-refractivity contribution is 0.898. The summed E-state index contributed by atoms with van der Waals surface area (Å²) in [7, 11) is 2.01. The average Bonchev–Trinajstić information content (AvgIpc) is 2.47. The predicted octanol–water partition coefficient (Wildman–Crippen LogP) is 3.95. The molecule has 0 unspecified atom stereocenters. The quantitative estimate of drug-likeness (QED) is 0.610. The predicted molar refractivity (Wildman–Crippen MR) is 79.1 cm³/mol. The molecule has 0 bridgehead atoms. The Kier molecular flexibility index (Phi) is 3.56. The molecule has 78 valence electrons. The summed E-state index contributed by atoms with van der Waals surface area (Å²) in [6.45, 7) is 0. The van der Waals surface area contributed by atoms with Crippen molar-refractivity contribution in [1.29, 1.82) is 0 Å². The van der Waals surface area contributed by atoms with E-state index in [1.54, 1.807) is 0 Å². The highest BCUT2D eigenvalue weighted by atomic mass is 127. The fraction of sp³-hybridized carbons (Fsp3) is 0.100. The molecule has 0 aliphatic heterocycles. The second-order valence-electron chi connectivity index (χ2n) is 3.08. The number of imidazole rings is 1. The van der Waals surface area contributed by atoms with Crippen LogP contribution in [0.4, 0.5) is 0 Å². The molecular formula is C10H7ClI2N2. The monoisotopic (exact) mass is 444 g/mol. The van der Waals surface area contributed by atoms with E-state index in [1.807, 2.05) is 31.3 Å². The van der Waals surface area contributed by atoms with Crippen LogP contribution in [-0.2, 0) is 7.05 Å². The molecule has 0 saturated carbocycles. The van der Waals surface area contributed by atoms with Gasteiger partial charge in [0.2, 0.25) is 0 Å². The van der Waals surface area contributed by atoms with E-state index in [1.165, 1.54) is 0 Å². The first-order valence-electron chi connectivity index (χ1n) is 4.23. The Hall–Kier alpha value is 0.180. The number of rotatable bonds is 1. The fourth-order valence-electron chi connectivity index (χ4n) is 1.30. The van der Waals surface area contributed by atoms with Crippen LogP contribution in [0.5, 0.6) is 0 Å². The summed E-state index contributed by atoms with van der Waals surface area (Å²) < 4.78 is 4.25. The Morgan fingerprint density at radius 1 is 1.20 bits per heavy atom. The Morgan fingerprint density at radius 2 is 1.80 bits per heavy atom. The number of benzene rings is 1. The summed E-state index contributed by atoms with van der Waals surface area (Å²) in [5, 5.41) is 0.748. The van der Waals surface area contributed by atoms with Crippen molar-refractivity contribution >= 4 is 56.8 Å². The summed E-state index contributed by atoms with van der Waals surface area (Å²) in [6, 6.07) is 7.73. The topological polar surface area (TPSA) is 17.8 Å². The van der Waals surface area contributed by atoms with Gasteiger partial charge in [-0.15, -0.1) is 0 Å². The normalized spacial score (nSPS) is 10.7. The van der Waals surface area contributed by atoms with Crippen molar-refractivity contribution in [3.05, 3.63) is 36.7 Å². The van der Waals surface area contributed by atoms with E-state index in [0.29, 0.717) is 0 Å². The maximum absolute atomic E-state index is 5.85. The van der Waals surface area contributed by atoms with Gasteiger partial charge in [-0.2, -0.15) is 0 Å². The molecule has 5 heteroatoms. The Morgan fingerprint density at radius 3 is 2.27 bits per heavy atom. The molecule has 1 heterocycles. The molecule has 2 nitrogen and oxygen atoms in total. The van der Waals surface area contributed by atoms with E-state index < -0.39 is 0 Å². The first kappa shape index (κ1) is 11.7. The molecule has 0 atom stereocenters. The Bertz CT molecular complexity index is 491. The second kappa shape index (κ2) is 4.58. The number of hydrogen-bond donors (Lipinski definition) is 0. The molecule has 1 aromatic heterocycles. The van der Waals surface area contributed by atoms with Crippen LogP contribution in [0.2, 0.25) is 5.02 Å². The van der Waals surface area contributed by atoms with Gasteiger partial charge in [-0.1, -0.05) is 11.6 Å². The van der Waals surface area contributed by atoms with Gasteiger partial charge in [0.25, 0.3) is 0 Å². The minimum absolute atomic E-state index is 0.748. The zero-order chi connectivity index (χ0) is 11.0. The molecule has 0 amide bonds. The van der Waals surface area contributed by atoms with E-state index in [9.17, 15) is 0 Å². The van der Waals surface area contributed by atoms with E-state index in [2.05, 4.69) is 54.7 Å². The molecule has 0 aliphatic carbocycles. The molecule has 1 aromatic carbocycles. The average molecular weight is 444 g/mol. The van der Waals surface area contributed by atoms with Crippen LogP contribution in [0, 0.1) is 7.40 Å². The number of hydrogen-bond acceptors (Lipinski definition) is 1. The van der Waals surface area contributed by atoms with Crippen molar-refractivity contribution in [1.82, 2.24) is 9.55 Å². The summed E-state index contributed by atoms with van der Waals surface area (Å²) in [4.78, 5) is 4.51. The van der Waals surface area contributed by atoms with Crippen LogP contribution in [0.15, 0.2) is 24.3 Å². The maximum atomic E-state index is 5.85. The van der Waals surface area contributed by atoms with E-state index in [-0.39, 0.29) is 0 Å². The van der Waals surface area contributed by atoms with Gasteiger partial charge in [0, 0.05) is 17.6 Å². The van der Waals surface area contributed by atoms with Gasteiger partial charge in [0.15, 0.2) is 0 Å². The zero-order valence-corrected chi connectivity index (χ0v) is 12.9. The molecule has 0 N–H and O–H groups in total. The lowest BCUT2D eigenvalue weighted by Crippen LogP contribution is -1.94. The van der Waals surface area contributed by atoms with Crippen LogP contribution >= 0.6 is 56.8 Å². The molecule has 15 heavy (non-hydrogen) atoms. The van der Waals surface area contributed by atoms with E-state index in [0.717, 1.165) is 23.8 Å². The fourth-order valence-corrected chi connectivity index (χ4v) is 2.37. The van der Waals surface area contributed by atoms with Crippen molar-refractivity contribution in [2.75, 3.05) is 0 Å². The third-order valence-corrected chi connectivity index (χ3v) is 5.36. The highest BCUT2D eigenvalue weighted by molar-refractivity contribution is 14.1. The standard InChI is InChI=1S/C10H7ClI2N2/c1-15-9(13)8(12)14-10(15)6-2-4-7(11)5-3-6/h2-5H,1H3. The van der Waals surface area contributed by atoms with Crippen molar-refractivity contribution in [3.8, 4) is 11.4 Å². The largest absolute Gasteiger partial charge is 0.322 e. The van der Waals surface area contributed by atoms with Crippen molar-refractivity contribution in [2.45, 2.75) is 0 Å². The van der Waals surface area contributed by atoms with Gasteiger partial charge >= 0.3 is 0 Å². The highest BCUT2D eigenvalue weighted by Gasteiger charge is 2.11.